The number of likely N-dealkylation sites (N-methyl/N-ethyl adjacent to an activating group) is 1. The minimum Gasteiger partial charge on any atom is -0.496 e. The number of carbonyl (C=O) groups excluding carboxylic acids is 1. The fourth-order valence-electron chi connectivity index (χ4n) is 3.14. The SMILES string of the molecule is CC[NH+](CC)CCN(C(=O)c1ccccc1OC)c1nc2c(F)cccc2s1. The number of rotatable bonds is 8. The highest BCUT2D eigenvalue weighted by Crippen LogP contribution is 2.32. The van der Waals surface area contributed by atoms with Gasteiger partial charge in [-0.3, -0.25) is 9.69 Å². The van der Waals surface area contributed by atoms with Crippen LogP contribution in [0.25, 0.3) is 10.2 Å². The Balaban J connectivity index is 2.00. The number of quaternary nitrogens is 1. The lowest BCUT2D eigenvalue weighted by atomic mass is 10.1. The monoisotopic (exact) mass is 402 g/mol. The zero-order valence-corrected chi connectivity index (χ0v) is 17.2. The summed E-state index contributed by atoms with van der Waals surface area (Å²) in [5.41, 5.74) is 0.773. The van der Waals surface area contributed by atoms with E-state index < -0.39 is 0 Å². The maximum Gasteiger partial charge on any atom is 0.264 e. The summed E-state index contributed by atoms with van der Waals surface area (Å²) in [5, 5.41) is 0.502. The fourth-order valence-corrected chi connectivity index (χ4v) is 4.15. The van der Waals surface area contributed by atoms with Crippen molar-refractivity contribution in [3.05, 3.63) is 53.8 Å². The Hall–Kier alpha value is -2.51. The molecule has 0 saturated carbocycles. The van der Waals surface area contributed by atoms with Crippen LogP contribution in [-0.4, -0.2) is 44.2 Å². The summed E-state index contributed by atoms with van der Waals surface area (Å²) in [5.74, 6) is -0.0532. The van der Waals surface area contributed by atoms with E-state index in [4.69, 9.17) is 4.74 Å². The van der Waals surface area contributed by atoms with Gasteiger partial charge in [-0.2, -0.15) is 0 Å². The lowest BCUT2D eigenvalue weighted by Crippen LogP contribution is -3.12. The molecule has 0 fully saturated rings. The molecule has 0 spiro atoms. The summed E-state index contributed by atoms with van der Waals surface area (Å²) in [7, 11) is 1.55. The van der Waals surface area contributed by atoms with Crippen LogP contribution >= 0.6 is 11.3 Å². The van der Waals surface area contributed by atoms with E-state index in [1.165, 1.54) is 22.3 Å². The number of fused-ring (bicyclic) bond motifs is 1. The van der Waals surface area contributed by atoms with Crippen LogP contribution in [0.15, 0.2) is 42.5 Å². The van der Waals surface area contributed by atoms with Crippen molar-refractivity contribution in [1.29, 1.82) is 0 Å². The van der Waals surface area contributed by atoms with E-state index in [-0.39, 0.29) is 11.7 Å². The molecule has 7 heteroatoms. The molecule has 2 aromatic carbocycles. The quantitative estimate of drug-likeness (QED) is 0.630. The van der Waals surface area contributed by atoms with Crippen molar-refractivity contribution in [3.8, 4) is 5.75 Å². The number of nitrogens with zero attached hydrogens (tertiary/aromatic N) is 2. The second-order valence-corrected chi connectivity index (χ2v) is 7.46. The molecule has 0 atom stereocenters. The minimum atomic E-state index is -0.376. The Morgan fingerprint density at radius 3 is 2.61 bits per heavy atom. The number of thiazole rings is 1. The molecule has 1 heterocycles. The molecular formula is C21H25FN3O2S+. The number of ether oxygens (including phenoxy) is 1. The topological polar surface area (TPSA) is 46.9 Å². The highest BCUT2D eigenvalue weighted by molar-refractivity contribution is 7.22. The zero-order chi connectivity index (χ0) is 20.1. The van der Waals surface area contributed by atoms with Crippen molar-refractivity contribution < 1.29 is 18.8 Å². The van der Waals surface area contributed by atoms with E-state index in [0.29, 0.717) is 28.5 Å². The Morgan fingerprint density at radius 2 is 1.93 bits per heavy atom. The summed E-state index contributed by atoms with van der Waals surface area (Å²) >= 11 is 1.33. The van der Waals surface area contributed by atoms with Gasteiger partial charge in [0, 0.05) is 0 Å². The van der Waals surface area contributed by atoms with Crippen molar-refractivity contribution in [2.24, 2.45) is 0 Å². The maximum atomic E-state index is 14.1. The van der Waals surface area contributed by atoms with Gasteiger partial charge in [0.2, 0.25) is 0 Å². The first-order valence-corrected chi connectivity index (χ1v) is 10.2. The number of hydrogen-bond acceptors (Lipinski definition) is 4. The van der Waals surface area contributed by atoms with E-state index in [0.717, 1.165) is 24.3 Å². The molecular weight excluding hydrogens is 377 g/mol. The highest BCUT2D eigenvalue weighted by atomic mass is 32.1. The number of halogens is 1. The first-order chi connectivity index (χ1) is 13.6. The van der Waals surface area contributed by atoms with E-state index in [9.17, 15) is 9.18 Å². The molecule has 28 heavy (non-hydrogen) atoms. The standard InChI is InChI=1S/C21H24FN3O2S/c1-4-24(5-2)13-14-25(20(26)15-9-6-7-11-17(15)27-3)21-23-19-16(22)10-8-12-18(19)28-21/h6-12H,4-5,13-14H2,1-3H3/p+1. The lowest BCUT2D eigenvalue weighted by Gasteiger charge is -2.23. The Bertz CT molecular complexity index is 956. The summed E-state index contributed by atoms with van der Waals surface area (Å²) in [4.78, 5) is 20.9. The van der Waals surface area contributed by atoms with Gasteiger partial charge in [-0.25, -0.2) is 9.37 Å². The normalized spacial score (nSPS) is 11.2. The van der Waals surface area contributed by atoms with E-state index >= 15 is 0 Å². The van der Waals surface area contributed by atoms with Crippen molar-refractivity contribution in [1.82, 2.24) is 4.98 Å². The van der Waals surface area contributed by atoms with Crippen molar-refractivity contribution in [2.45, 2.75) is 13.8 Å². The van der Waals surface area contributed by atoms with Crippen molar-refractivity contribution >= 4 is 32.6 Å². The number of nitrogens with one attached hydrogen (secondary N) is 1. The molecule has 1 N–H and O–H groups in total. The number of hydrogen-bond donors (Lipinski definition) is 1. The molecule has 3 rings (SSSR count). The molecule has 0 aliphatic heterocycles. The van der Waals surface area contributed by atoms with Crippen molar-refractivity contribution in [2.75, 3.05) is 38.2 Å². The maximum absolute atomic E-state index is 14.1. The molecule has 148 valence electrons. The van der Waals surface area contributed by atoms with Crippen LogP contribution in [0.5, 0.6) is 5.75 Å². The van der Waals surface area contributed by atoms with Gasteiger partial charge in [0.05, 0.1) is 43.6 Å². The minimum absolute atomic E-state index is 0.191. The number of amides is 1. The van der Waals surface area contributed by atoms with Crippen LogP contribution in [-0.2, 0) is 0 Å². The fraction of sp³-hybridized carbons (Fsp3) is 0.333. The summed E-state index contributed by atoms with van der Waals surface area (Å²) in [6, 6.07) is 12.0. The summed E-state index contributed by atoms with van der Waals surface area (Å²) in [6.45, 7) is 7.47. The van der Waals surface area contributed by atoms with Gasteiger partial charge in [-0.15, -0.1) is 0 Å². The third-order valence-corrected chi connectivity index (χ3v) is 5.90. The Kier molecular flexibility index (Phi) is 6.59. The average molecular weight is 403 g/mol. The number of aromatic nitrogens is 1. The number of carbonyl (C=O) groups is 1. The third kappa shape index (κ3) is 4.15. The smallest absolute Gasteiger partial charge is 0.264 e. The molecule has 0 unspecified atom stereocenters. The molecule has 0 bridgehead atoms. The average Bonchev–Trinajstić information content (AvgIpc) is 3.16. The van der Waals surface area contributed by atoms with Crippen LogP contribution in [0.3, 0.4) is 0 Å². The molecule has 0 saturated heterocycles. The lowest BCUT2D eigenvalue weighted by molar-refractivity contribution is -0.894. The van der Waals surface area contributed by atoms with Gasteiger partial charge in [-0.1, -0.05) is 29.5 Å². The highest BCUT2D eigenvalue weighted by Gasteiger charge is 2.25. The van der Waals surface area contributed by atoms with Crippen LogP contribution < -0.4 is 14.5 Å². The number of para-hydroxylation sites is 2. The predicted octanol–water partition coefficient (Wildman–Crippen LogP) is 3.02. The first-order valence-electron chi connectivity index (χ1n) is 9.42. The molecule has 5 nitrogen and oxygen atoms in total. The zero-order valence-electron chi connectivity index (χ0n) is 16.4. The summed E-state index contributed by atoms with van der Waals surface area (Å²) < 4.78 is 20.2. The first kappa shape index (κ1) is 20.2. The van der Waals surface area contributed by atoms with Gasteiger partial charge < -0.3 is 9.64 Å². The molecule has 0 aliphatic carbocycles. The predicted molar refractivity (Wildman–Crippen MR) is 111 cm³/mol. The Labute approximate surface area is 168 Å². The van der Waals surface area contributed by atoms with Gasteiger partial charge in [0.25, 0.3) is 5.91 Å². The van der Waals surface area contributed by atoms with Gasteiger partial charge >= 0.3 is 0 Å². The van der Waals surface area contributed by atoms with Gasteiger partial charge in [0.1, 0.15) is 17.1 Å². The van der Waals surface area contributed by atoms with Gasteiger partial charge in [0.15, 0.2) is 5.13 Å². The number of benzene rings is 2. The molecule has 1 amide bonds. The summed E-state index contributed by atoms with van der Waals surface area (Å²) in [6.07, 6.45) is 0. The molecule has 0 radical (unpaired) electrons. The van der Waals surface area contributed by atoms with E-state index in [1.807, 2.05) is 18.2 Å². The van der Waals surface area contributed by atoms with Crippen LogP contribution in [0, 0.1) is 5.82 Å². The third-order valence-electron chi connectivity index (χ3n) is 4.86. The van der Waals surface area contributed by atoms with Crippen molar-refractivity contribution in [3.63, 3.8) is 0 Å². The van der Waals surface area contributed by atoms with E-state index in [2.05, 4.69) is 18.8 Å². The molecule has 0 aliphatic rings. The van der Waals surface area contributed by atoms with Crippen LogP contribution in [0.4, 0.5) is 9.52 Å². The second kappa shape index (κ2) is 9.12. The van der Waals surface area contributed by atoms with Crippen LogP contribution in [0.2, 0.25) is 0 Å². The Morgan fingerprint density at radius 1 is 1.18 bits per heavy atom. The number of methoxy groups -OCH3 is 1. The number of anilines is 1. The molecule has 1 aromatic heterocycles. The molecule has 3 aromatic rings. The van der Waals surface area contributed by atoms with Gasteiger partial charge in [-0.05, 0) is 38.1 Å². The second-order valence-electron chi connectivity index (χ2n) is 6.45. The van der Waals surface area contributed by atoms with Crippen LogP contribution in [0.1, 0.15) is 24.2 Å². The van der Waals surface area contributed by atoms with E-state index in [1.54, 1.807) is 30.2 Å². The largest absolute Gasteiger partial charge is 0.496 e.